The molecule has 0 aromatic heterocycles. The summed E-state index contributed by atoms with van der Waals surface area (Å²) in [7, 11) is 0. The SMILES string of the molecule is N#COCCCCCCN1CN(CCCCCCN=C=O)C(=O)N(CCCCCCN=C=O)C1=O. The monoisotopic (exact) mass is 490 g/mol. The van der Waals surface area contributed by atoms with Crippen LogP contribution in [0, 0.1) is 11.5 Å². The van der Waals surface area contributed by atoms with Gasteiger partial charge in [0.15, 0.2) is 0 Å². The van der Waals surface area contributed by atoms with E-state index in [4.69, 9.17) is 5.26 Å². The molecule has 0 spiro atoms. The molecule has 11 nitrogen and oxygen atoms in total. The smallest absolute Gasteiger partial charge is 0.329 e. The second kappa shape index (κ2) is 20.2. The topological polar surface area (TPSA) is 136 Å². The van der Waals surface area contributed by atoms with Crippen LogP contribution in [0.4, 0.5) is 9.59 Å². The molecular weight excluding hydrogens is 452 g/mol. The lowest BCUT2D eigenvalue weighted by Crippen LogP contribution is -2.61. The average molecular weight is 491 g/mol. The van der Waals surface area contributed by atoms with E-state index in [-0.39, 0.29) is 12.1 Å². The van der Waals surface area contributed by atoms with E-state index in [0.717, 1.165) is 70.6 Å². The van der Waals surface area contributed by atoms with Crippen LogP contribution in [0.1, 0.15) is 77.0 Å². The third-order valence-electron chi connectivity index (χ3n) is 5.81. The van der Waals surface area contributed by atoms with E-state index in [2.05, 4.69) is 14.7 Å². The summed E-state index contributed by atoms with van der Waals surface area (Å²) < 4.78 is 4.68. The first-order valence-electron chi connectivity index (χ1n) is 12.6. The number of hydrogen-bond donors (Lipinski definition) is 0. The van der Waals surface area contributed by atoms with Gasteiger partial charge in [0.25, 0.3) is 6.26 Å². The van der Waals surface area contributed by atoms with Gasteiger partial charge in [0.05, 0.1) is 19.8 Å². The third-order valence-corrected chi connectivity index (χ3v) is 5.81. The second-order valence-electron chi connectivity index (χ2n) is 8.51. The molecule has 0 aromatic rings. The normalized spacial score (nSPS) is 13.3. The molecule has 11 heteroatoms. The van der Waals surface area contributed by atoms with Crippen LogP contribution < -0.4 is 0 Å². The number of unbranched alkanes of at least 4 members (excludes halogenated alkanes) is 9. The van der Waals surface area contributed by atoms with Gasteiger partial charge in [0.2, 0.25) is 12.2 Å². The zero-order valence-corrected chi connectivity index (χ0v) is 20.7. The molecule has 1 aliphatic heterocycles. The van der Waals surface area contributed by atoms with Crippen molar-refractivity contribution in [2.45, 2.75) is 77.0 Å². The van der Waals surface area contributed by atoms with E-state index < -0.39 is 0 Å². The molecule has 0 aliphatic carbocycles. The molecule has 0 radical (unpaired) electrons. The lowest BCUT2D eigenvalue weighted by molar-refractivity contribution is 0.0758. The highest BCUT2D eigenvalue weighted by Gasteiger charge is 2.36. The number of carbonyl (C=O) groups excluding carboxylic acids is 4. The first kappa shape index (κ1) is 29.8. The predicted octanol–water partition coefficient (Wildman–Crippen LogP) is 3.95. The Hall–Kier alpha value is -3.21. The van der Waals surface area contributed by atoms with Crippen molar-refractivity contribution in [1.29, 1.82) is 5.26 Å². The summed E-state index contributed by atoms with van der Waals surface area (Å²) in [5.74, 6) is 0. The Labute approximate surface area is 207 Å². The van der Waals surface area contributed by atoms with Crippen molar-refractivity contribution >= 4 is 24.2 Å². The number of aliphatic imine (C=N–C) groups is 2. The van der Waals surface area contributed by atoms with Gasteiger partial charge in [-0.25, -0.2) is 34.1 Å². The number of rotatable bonds is 21. The fraction of sp³-hybridized carbons (Fsp3) is 0.792. The van der Waals surface area contributed by atoms with Gasteiger partial charge in [-0.1, -0.05) is 32.1 Å². The largest absolute Gasteiger partial charge is 0.428 e. The lowest BCUT2D eigenvalue weighted by Gasteiger charge is -2.41. The lowest BCUT2D eigenvalue weighted by atomic mass is 10.1. The van der Waals surface area contributed by atoms with Crippen LogP contribution in [0.3, 0.4) is 0 Å². The molecule has 4 amide bonds. The van der Waals surface area contributed by atoms with Crippen molar-refractivity contribution < 1.29 is 23.9 Å². The Morgan fingerprint density at radius 1 is 0.686 bits per heavy atom. The maximum atomic E-state index is 13.0. The Bertz CT molecular complexity index is 758. The van der Waals surface area contributed by atoms with Crippen molar-refractivity contribution in [2.24, 2.45) is 9.98 Å². The molecule has 35 heavy (non-hydrogen) atoms. The zero-order valence-electron chi connectivity index (χ0n) is 20.7. The van der Waals surface area contributed by atoms with Gasteiger partial charge in [-0.3, -0.25) is 0 Å². The Balaban J connectivity index is 2.54. The molecule has 0 atom stereocenters. The number of nitriles is 1. The van der Waals surface area contributed by atoms with Crippen molar-refractivity contribution in [3.8, 4) is 6.26 Å². The third kappa shape index (κ3) is 13.3. The molecule has 0 N–H and O–H groups in total. The van der Waals surface area contributed by atoms with Crippen molar-refractivity contribution in [2.75, 3.05) is 46.0 Å². The highest BCUT2D eigenvalue weighted by molar-refractivity contribution is 5.95. The molecule has 1 saturated heterocycles. The standard InChI is InChI=1S/C24H38N6O5/c25-19-35-18-12-6-5-10-16-29-22-28(15-9-3-1-7-13-26-20-31)23(33)30(24(29)34)17-11-4-2-8-14-27-21-32/h1-18,22H2. The molecule has 1 heterocycles. The zero-order chi connectivity index (χ0) is 25.6. The van der Waals surface area contributed by atoms with E-state index in [1.807, 2.05) is 0 Å². The molecule has 194 valence electrons. The Kier molecular flexibility index (Phi) is 17.2. The first-order chi connectivity index (χ1) is 17.2. The number of isocyanates is 2. The molecular formula is C24H38N6O5. The van der Waals surface area contributed by atoms with Crippen molar-refractivity contribution in [1.82, 2.24) is 14.7 Å². The minimum absolute atomic E-state index is 0.239. The van der Waals surface area contributed by atoms with Crippen LogP contribution in [0.5, 0.6) is 0 Å². The summed E-state index contributed by atoms with van der Waals surface area (Å²) >= 11 is 0. The molecule has 0 unspecified atom stereocenters. The number of ether oxygens (including phenoxy) is 1. The number of nitrogens with zero attached hydrogens (tertiary/aromatic N) is 6. The number of carbonyl (C=O) groups is 2. The van der Waals surface area contributed by atoms with Crippen LogP contribution in [-0.2, 0) is 14.3 Å². The van der Waals surface area contributed by atoms with E-state index in [1.165, 1.54) is 17.1 Å². The molecule has 1 fully saturated rings. The quantitative estimate of drug-likeness (QED) is 0.103. The maximum absolute atomic E-state index is 13.0. The van der Waals surface area contributed by atoms with Crippen LogP contribution in [0.25, 0.3) is 0 Å². The Morgan fingerprint density at radius 3 is 1.63 bits per heavy atom. The summed E-state index contributed by atoms with van der Waals surface area (Å²) in [5, 5.41) is 8.40. The number of amides is 4. The highest BCUT2D eigenvalue weighted by atomic mass is 16.5. The van der Waals surface area contributed by atoms with Crippen LogP contribution in [0.2, 0.25) is 0 Å². The minimum atomic E-state index is -0.240. The average Bonchev–Trinajstić information content (AvgIpc) is 2.86. The fourth-order valence-corrected chi connectivity index (χ4v) is 3.90. The minimum Gasteiger partial charge on any atom is -0.428 e. The summed E-state index contributed by atoms with van der Waals surface area (Å²) in [6.07, 6.45) is 14.9. The van der Waals surface area contributed by atoms with Crippen molar-refractivity contribution in [3.63, 3.8) is 0 Å². The van der Waals surface area contributed by atoms with Crippen LogP contribution in [-0.4, -0.2) is 84.9 Å². The summed E-state index contributed by atoms with van der Waals surface area (Å²) in [6.45, 7) is 3.17. The molecule has 0 saturated carbocycles. The van der Waals surface area contributed by atoms with Gasteiger partial charge in [0.1, 0.15) is 6.61 Å². The molecule has 1 rings (SSSR count). The Morgan fingerprint density at radius 2 is 1.14 bits per heavy atom. The predicted molar refractivity (Wildman–Crippen MR) is 129 cm³/mol. The van der Waals surface area contributed by atoms with Gasteiger partial charge >= 0.3 is 12.1 Å². The number of imide groups is 1. The van der Waals surface area contributed by atoms with Gasteiger partial charge in [-0.05, 0) is 44.9 Å². The number of urea groups is 2. The summed E-state index contributed by atoms with van der Waals surface area (Å²) in [5.41, 5.74) is 0. The second-order valence-corrected chi connectivity index (χ2v) is 8.51. The summed E-state index contributed by atoms with van der Waals surface area (Å²) in [4.78, 5) is 58.2. The van der Waals surface area contributed by atoms with Gasteiger partial charge in [0, 0.05) is 19.6 Å². The van der Waals surface area contributed by atoms with Gasteiger partial charge < -0.3 is 14.5 Å². The van der Waals surface area contributed by atoms with Gasteiger partial charge in [-0.2, -0.15) is 5.26 Å². The maximum Gasteiger partial charge on any atom is 0.329 e. The fourth-order valence-electron chi connectivity index (χ4n) is 3.90. The van der Waals surface area contributed by atoms with E-state index >= 15 is 0 Å². The summed E-state index contributed by atoms with van der Waals surface area (Å²) in [6, 6.07) is -0.479. The highest BCUT2D eigenvalue weighted by Crippen LogP contribution is 2.17. The van der Waals surface area contributed by atoms with Crippen LogP contribution in [0.15, 0.2) is 9.98 Å². The molecule has 1 aliphatic rings. The van der Waals surface area contributed by atoms with E-state index in [0.29, 0.717) is 52.4 Å². The molecule has 0 bridgehead atoms. The van der Waals surface area contributed by atoms with E-state index in [1.54, 1.807) is 16.1 Å². The van der Waals surface area contributed by atoms with Crippen LogP contribution >= 0.6 is 0 Å². The van der Waals surface area contributed by atoms with Gasteiger partial charge in [-0.15, -0.1) is 0 Å². The first-order valence-corrected chi connectivity index (χ1v) is 12.6. The number of hydrogen-bond acceptors (Lipinski definition) is 8. The van der Waals surface area contributed by atoms with E-state index in [9.17, 15) is 19.2 Å². The molecule has 0 aromatic carbocycles. The van der Waals surface area contributed by atoms with Crippen molar-refractivity contribution in [3.05, 3.63) is 0 Å².